The smallest absolute Gasteiger partial charge is 0.105 e. The van der Waals surface area contributed by atoms with E-state index in [0.717, 1.165) is 30.2 Å². The molecule has 1 fully saturated rings. The number of hydrogen-bond donors (Lipinski definition) is 0. The number of halogens is 2. The van der Waals surface area contributed by atoms with Gasteiger partial charge < -0.3 is 4.90 Å². The molecule has 0 radical (unpaired) electrons. The first-order valence-electron chi connectivity index (χ1n) is 7.19. The minimum atomic E-state index is -0.508. The van der Waals surface area contributed by atoms with E-state index in [-0.39, 0.29) is 5.25 Å². The normalized spacial score (nSPS) is 34.0. The third-order valence-corrected chi connectivity index (χ3v) is 6.53. The highest BCUT2D eigenvalue weighted by Crippen LogP contribution is 2.47. The Bertz CT molecular complexity index is 508. The van der Waals surface area contributed by atoms with E-state index in [1.807, 2.05) is 0 Å². The number of amidine groups is 1. The predicted molar refractivity (Wildman–Crippen MR) is 90.0 cm³/mol. The van der Waals surface area contributed by atoms with Crippen molar-refractivity contribution in [3.8, 4) is 0 Å². The molecular formula is C15H20Cl2N2S. The van der Waals surface area contributed by atoms with Crippen LogP contribution in [0.15, 0.2) is 27.4 Å². The van der Waals surface area contributed by atoms with E-state index in [4.69, 9.17) is 28.2 Å². The Hall–Kier alpha value is -0.120. The maximum Gasteiger partial charge on any atom is 0.105 e. The molecule has 0 aromatic rings. The van der Waals surface area contributed by atoms with Gasteiger partial charge in [0.2, 0.25) is 0 Å². The first kappa shape index (κ1) is 14.8. The van der Waals surface area contributed by atoms with Crippen LogP contribution in [0.3, 0.4) is 0 Å². The summed E-state index contributed by atoms with van der Waals surface area (Å²) in [6.45, 7) is 4.07. The molecule has 0 spiro atoms. The van der Waals surface area contributed by atoms with Crippen molar-refractivity contribution in [3.05, 3.63) is 22.4 Å². The molecule has 5 heteroatoms. The van der Waals surface area contributed by atoms with Gasteiger partial charge in [-0.3, -0.25) is 0 Å². The van der Waals surface area contributed by atoms with Crippen LogP contribution in [0, 0.1) is 0 Å². The number of aliphatic imine (C=N–C) groups is 1. The van der Waals surface area contributed by atoms with Crippen molar-refractivity contribution in [3.63, 3.8) is 0 Å². The van der Waals surface area contributed by atoms with Gasteiger partial charge in [0.25, 0.3) is 0 Å². The molecule has 110 valence electrons. The minimum absolute atomic E-state index is 0.0891. The summed E-state index contributed by atoms with van der Waals surface area (Å²) >= 11 is 15.0. The molecule has 1 aliphatic carbocycles. The van der Waals surface area contributed by atoms with Gasteiger partial charge >= 0.3 is 0 Å². The maximum atomic E-state index is 6.85. The van der Waals surface area contributed by atoms with Crippen LogP contribution < -0.4 is 0 Å². The van der Waals surface area contributed by atoms with Gasteiger partial charge in [0.15, 0.2) is 0 Å². The lowest BCUT2D eigenvalue weighted by molar-refractivity contribution is 0.434. The maximum absolute atomic E-state index is 6.85. The molecule has 0 N–H and O–H groups in total. The predicted octanol–water partition coefficient (Wildman–Crippen LogP) is 4.39. The Labute approximate surface area is 135 Å². The molecule has 0 saturated carbocycles. The number of allylic oxidation sites excluding steroid dienone is 1. The highest BCUT2D eigenvalue weighted by atomic mass is 35.5. The molecular weight excluding hydrogens is 311 g/mol. The van der Waals surface area contributed by atoms with Crippen LogP contribution in [0.4, 0.5) is 0 Å². The Kier molecular flexibility index (Phi) is 4.13. The zero-order chi connectivity index (χ0) is 14.3. The van der Waals surface area contributed by atoms with Gasteiger partial charge in [-0.05, 0) is 37.7 Å². The third kappa shape index (κ3) is 2.42. The highest BCUT2D eigenvalue weighted by molar-refractivity contribution is 7.99. The average Bonchev–Trinajstić information content (AvgIpc) is 2.61. The SMILES string of the molecule is CSC1C(Cl)=CC2=C(N=C3CCCCCN3C2)C1(C)Cl. The molecule has 0 bridgehead atoms. The van der Waals surface area contributed by atoms with E-state index in [1.165, 1.54) is 30.7 Å². The van der Waals surface area contributed by atoms with E-state index >= 15 is 0 Å². The third-order valence-electron chi connectivity index (χ3n) is 4.35. The second kappa shape index (κ2) is 5.58. The fraction of sp³-hybridized carbons (Fsp3) is 0.667. The topological polar surface area (TPSA) is 15.6 Å². The van der Waals surface area contributed by atoms with Gasteiger partial charge in [-0.15, -0.1) is 11.6 Å². The summed E-state index contributed by atoms with van der Waals surface area (Å²) in [6, 6.07) is 0. The minimum Gasteiger partial charge on any atom is -0.356 e. The van der Waals surface area contributed by atoms with Crippen molar-refractivity contribution in [1.29, 1.82) is 0 Å². The van der Waals surface area contributed by atoms with E-state index < -0.39 is 4.87 Å². The zero-order valence-corrected chi connectivity index (χ0v) is 14.3. The molecule has 2 atom stereocenters. The fourth-order valence-electron chi connectivity index (χ4n) is 3.32. The molecule has 3 rings (SSSR count). The molecule has 2 aliphatic heterocycles. The molecule has 2 unspecified atom stereocenters. The van der Waals surface area contributed by atoms with Crippen LogP contribution in [-0.2, 0) is 0 Å². The quantitative estimate of drug-likeness (QED) is 0.662. The lowest BCUT2D eigenvalue weighted by atomic mass is 9.90. The molecule has 2 heterocycles. The van der Waals surface area contributed by atoms with Gasteiger partial charge in [0.1, 0.15) is 10.7 Å². The van der Waals surface area contributed by atoms with Gasteiger partial charge in [0.05, 0.1) is 10.9 Å². The van der Waals surface area contributed by atoms with E-state index in [1.54, 1.807) is 11.8 Å². The Balaban J connectivity index is 2.02. The second-order valence-corrected chi connectivity index (χ2v) is 8.02. The Morgan fingerprint density at radius 3 is 2.95 bits per heavy atom. The number of alkyl halides is 1. The number of fused-ring (bicyclic) bond motifs is 1. The zero-order valence-electron chi connectivity index (χ0n) is 12.0. The Morgan fingerprint density at radius 2 is 2.20 bits per heavy atom. The van der Waals surface area contributed by atoms with Crippen molar-refractivity contribution in [2.75, 3.05) is 19.3 Å². The number of thioether (sulfide) groups is 1. The summed E-state index contributed by atoms with van der Waals surface area (Å²) in [5.74, 6) is 1.22. The van der Waals surface area contributed by atoms with Crippen molar-refractivity contribution >= 4 is 40.8 Å². The lowest BCUT2D eigenvalue weighted by Gasteiger charge is -2.40. The number of rotatable bonds is 1. The molecule has 0 aromatic carbocycles. The molecule has 0 amide bonds. The van der Waals surface area contributed by atoms with Crippen LogP contribution in [0.5, 0.6) is 0 Å². The summed E-state index contributed by atoms with van der Waals surface area (Å²) < 4.78 is 0. The van der Waals surface area contributed by atoms with Crippen LogP contribution in [0.25, 0.3) is 0 Å². The molecule has 20 heavy (non-hydrogen) atoms. The largest absolute Gasteiger partial charge is 0.356 e. The summed E-state index contributed by atoms with van der Waals surface area (Å²) in [5.41, 5.74) is 2.24. The van der Waals surface area contributed by atoms with Crippen molar-refractivity contribution in [2.24, 2.45) is 4.99 Å². The van der Waals surface area contributed by atoms with Crippen molar-refractivity contribution < 1.29 is 0 Å². The first-order valence-corrected chi connectivity index (χ1v) is 9.23. The van der Waals surface area contributed by atoms with Crippen LogP contribution >= 0.6 is 35.0 Å². The molecule has 1 saturated heterocycles. The van der Waals surface area contributed by atoms with E-state index in [0.29, 0.717) is 0 Å². The van der Waals surface area contributed by atoms with Gasteiger partial charge in [-0.25, -0.2) is 4.99 Å². The number of hydrogen-bond acceptors (Lipinski definition) is 3. The summed E-state index contributed by atoms with van der Waals surface area (Å²) in [5, 5.41) is 0.938. The molecule has 3 aliphatic rings. The van der Waals surface area contributed by atoms with Crippen molar-refractivity contribution in [2.45, 2.75) is 42.7 Å². The van der Waals surface area contributed by atoms with Crippen LogP contribution in [0.2, 0.25) is 0 Å². The van der Waals surface area contributed by atoms with Gasteiger partial charge in [-0.1, -0.05) is 18.0 Å². The summed E-state index contributed by atoms with van der Waals surface area (Å²) in [7, 11) is 0. The lowest BCUT2D eigenvalue weighted by Crippen LogP contribution is -2.43. The highest BCUT2D eigenvalue weighted by Gasteiger charge is 2.43. The standard InChI is InChI=1S/C15H20Cl2N2S/c1-15(17)13-10(8-11(16)14(15)20-2)9-19-7-5-3-4-6-12(19)18-13/h8,14H,3-7,9H2,1-2H3. The van der Waals surface area contributed by atoms with Gasteiger partial charge in [-0.2, -0.15) is 11.8 Å². The fourth-order valence-corrected chi connectivity index (χ4v) is 5.39. The van der Waals surface area contributed by atoms with Crippen LogP contribution in [-0.4, -0.2) is 40.2 Å². The average molecular weight is 331 g/mol. The van der Waals surface area contributed by atoms with E-state index in [2.05, 4.69) is 24.2 Å². The van der Waals surface area contributed by atoms with E-state index in [9.17, 15) is 0 Å². The second-order valence-electron chi connectivity index (χ2n) is 5.85. The Morgan fingerprint density at radius 1 is 1.40 bits per heavy atom. The number of nitrogens with zero attached hydrogens (tertiary/aromatic N) is 2. The first-order chi connectivity index (χ1) is 9.54. The molecule has 2 nitrogen and oxygen atoms in total. The van der Waals surface area contributed by atoms with Gasteiger partial charge in [0, 0.05) is 24.5 Å². The summed E-state index contributed by atoms with van der Waals surface area (Å²) in [6.07, 6.45) is 9.01. The monoisotopic (exact) mass is 330 g/mol. The van der Waals surface area contributed by atoms with Crippen molar-refractivity contribution in [1.82, 2.24) is 4.90 Å². The summed E-state index contributed by atoms with van der Waals surface area (Å²) in [4.78, 5) is 6.84. The molecule has 0 aromatic heterocycles. The van der Waals surface area contributed by atoms with Crippen LogP contribution in [0.1, 0.15) is 32.6 Å².